The van der Waals surface area contributed by atoms with E-state index in [0.717, 1.165) is 0 Å². The van der Waals surface area contributed by atoms with E-state index in [0.29, 0.717) is 4.59 Å². The van der Waals surface area contributed by atoms with Crippen molar-refractivity contribution in [1.29, 1.82) is 0 Å². The molecule has 0 nitrogen and oxygen atoms in total. The Kier molecular flexibility index (Phi) is 3.03. The topological polar surface area (TPSA) is 0 Å². The first-order valence-corrected chi connectivity index (χ1v) is 7.55. The van der Waals surface area contributed by atoms with Crippen LogP contribution in [0.5, 0.6) is 0 Å². The Hall–Kier alpha value is -1.74. The summed E-state index contributed by atoms with van der Waals surface area (Å²) in [6.45, 7) is 2.23. The standard InChI is InChI=1S/C20H15.Li/c1-14-12-16-8-5-11-19(20(16)13-14)18-10-4-7-15-6-2-3-9-17(15)18;/h2-13H,1H3;. The number of rotatable bonds is 1. The van der Waals surface area contributed by atoms with Gasteiger partial charge in [-0.1, -0.05) is 0 Å². The number of benzene rings is 3. The van der Waals surface area contributed by atoms with Crippen LogP contribution in [0.1, 0.15) is 22.6 Å². The van der Waals surface area contributed by atoms with Gasteiger partial charge in [-0.15, -0.1) is 0 Å². The minimum atomic E-state index is 0.509. The van der Waals surface area contributed by atoms with E-state index in [1.54, 1.807) is 0 Å². The van der Waals surface area contributed by atoms with Gasteiger partial charge in [-0.2, -0.15) is 0 Å². The van der Waals surface area contributed by atoms with E-state index in [4.69, 9.17) is 0 Å². The first-order chi connectivity index (χ1) is 10.3. The summed E-state index contributed by atoms with van der Waals surface area (Å²) >= 11 is 2.31. The van der Waals surface area contributed by atoms with Crippen LogP contribution in [0.3, 0.4) is 0 Å². The second-order valence-corrected chi connectivity index (χ2v) is 5.95. The zero-order chi connectivity index (χ0) is 14.4. The van der Waals surface area contributed by atoms with Gasteiger partial charge in [0.1, 0.15) is 0 Å². The Labute approximate surface area is 134 Å². The average molecular weight is 262 g/mol. The van der Waals surface area contributed by atoms with Gasteiger partial charge in [-0.05, 0) is 0 Å². The molecule has 1 atom stereocenters. The van der Waals surface area contributed by atoms with Crippen molar-refractivity contribution >= 4 is 34.6 Å². The molecule has 1 aliphatic rings. The first kappa shape index (κ1) is 13.0. The van der Waals surface area contributed by atoms with E-state index in [1.165, 1.54) is 38.6 Å². The predicted octanol–water partition coefficient (Wildman–Crippen LogP) is 5.13. The third kappa shape index (κ3) is 1.99. The molecule has 0 aliphatic heterocycles. The number of allylic oxidation sites excluding steroid dienone is 1. The van der Waals surface area contributed by atoms with Crippen LogP contribution in [0, 0.1) is 0 Å². The van der Waals surface area contributed by atoms with Crippen LogP contribution in [0.4, 0.5) is 0 Å². The molecule has 1 heteroatoms. The third-order valence-corrected chi connectivity index (χ3v) is 4.72. The molecule has 0 fully saturated rings. The van der Waals surface area contributed by atoms with Gasteiger partial charge in [0.15, 0.2) is 0 Å². The van der Waals surface area contributed by atoms with Crippen molar-refractivity contribution in [2.45, 2.75) is 11.5 Å². The van der Waals surface area contributed by atoms with Gasteiger partial charge >= 0.3 is 135 Å². The van der Waals surface area contributed by atoms with Gasteiger partial charge in [0, 0.05) is 0 Å². The predicted molar refractivity (Wildman–Crippen MR) is 91.5 cm³/mol. The Bertz CT molecular complexity index is 869. The van der Waals surface area contributed by atoms with Crippen molar-refractivity contribution in [1.82, 2.24) is 0 Å². The monoisotopic (exact) mass is 262 g/mol. The third-order valence-electron chi connectivity index (χ3n) is 4.72. The molecule has 0 saturated carbocycles. The molecule has 4 rings (SSSR count). The summed E-state index contributed by atoms with van der Waals surface area (Å²) in [5, 5.41) is 2.65. The summed E-state index contributed by atoms with van der Waals surface area (Å²) in [7, 11) is 0. The van der Waals surface area contributed by atoms with Crippen molar-refractivity contribution in [2.24, 2.45) is 0 Å². The van der Waals surface area contributed by atoms with Crippen LogP contribution in [-0.2, 0) is 0 Å². The Balaban J connectivity index is 2.03. The SMILES string of the molecule is [Li][CH]1C(C)=Cc2cccc(-c3cccc4ccccc34)c21. The molecule has 0 heterocycles. The van der Waals surface area contributed by atoms with Crippen LogP contribution in [0.2, 0.25) is 0 Å². The summed E-state index contributed by atoms with van der Waals surface area (Å²) in [6, 6.07) is 21.9. The maximum atomic E-state index is 2.33. The maximum absolute atomic E-state index is 2.33. The Morgan fingerprint density at radius 2 is 1.52 bits per heavy atom. The van der Waals surface area contributed by atoms with Crippen molar-refractivity contribution in [2.75, 3.05) is 0 Å². The van der Waals surface area contributed by atoms with Crippen LogP contribution < -0.4 is 0 Å². The fourth-order valence-electron chi connectivity index (χ4n) is 3.49. The molecule has 0 N–H and O–H groups in total. The van der Waals surface area contributed by atoms with E-state index in [9.17, 15) is 0 Å². The minimum absolute atomic E-state index is 0.509. The van der Waals surface area contributed by atoms with Crippen molar-refractivity contribution in [3.05, 3.63) is 77.4 Å². The zero-order valence-corrected chi connectivity index (χ0v) is 12.4. The molecule has 1 unspecified atom stereocenters. The second kappa shape index (κ2) is 4.92. The molecule has 0 spiro atoms. The summed E-state index contributed by atoms with van der Waals surface area (Å²) in [6.07, 6.45) is 2.33. The molecular formula is C20H15Li. The molecule has 3 aromatic rings. The van der Waals surface area contributed by atoms with E-state index in [-0.39, 0.29) is 0 Å². The molecular weight excluding hydrogens is 247 g/mol. The Morgan fingerprint density at radius 3 is 2.43 bits per heavy atom. The number of hydrogen-bond acceptors (Lipinski definition) is 0. The van der Waals surface area contributed by atoms with E-state index in [2.05, 4.69) is 91.4 Å². The number of fused-ring (bicyclic) bond motifs is 2. The van der Waals surface area contributed by atoms with Crippen LogP contribution >= 0.6 is 0 Å². The molecule has 1 aliphatic carbocycles. The van der Waals surface area contributed by atoms with Crippen LogP contribution in [-0.4, -0.2) is 17.7 Å². The normalized spacial score (nSPS) is 16.9. The molecule has 0 bridgehead atoms. The van der Waals surface area contributed by atoms with Gasteiger partial charge in [0.05, 0.1) is 0 Å². The van der Waals surface area contributed by atoms with Gasteiger partial charge in [0.2, 0.25) is 0 Å². The molecule has 0 radical (unpaired) electrons. The van der Waals surface area contributed by atoms with Gasteiger partial charge < -0.3 is 0 Å². The fraction of sp³-hybridized carbons (Fsp3) is 0.100. The van der Waals surface area contributed by atoms with Crippen molar-refractivity contribution in [3.8, 4) is 11.1 Å². The quantitative estimate of drug-likeness (QED) is 0.533. The van der Waals surface area contributed by atoms with E-state index < -0.39 is 0 Å². The molecule has 3 aromatic carbocycles. The molecule has 0 aromatic heterocycles. The molecule has 21 heavy (non-hydrogen) atoms. The average Bonchev–Trinajstić information content (AvgIpc) is 2.82. The second-order valence-electron chi connectivity index (χ2n) is 5.95. The summed E-state index contributed by atoms with van der Waals surface area (Å²) in [5.74, 6) is 0. The van der Waals surface area contributed by atoms with Crippen molar-refractivity contribution in [3.63, 3.8) is 0 Å². The van der Waals surface area contributed by atoms with Gasteiger partial charge in [0.25, 0.3) is 0 Å². The molecule has 96 valence electrons. The fourth-order valence-corrected chi connectivity index (χ4v) is 3.49. The van der Waals surface area contributed by atoms with Crippen molar-refractivity contribution < 1.29 is 0 Å². The van der Waals surface area contributed by atoms with Gasteiger partial charge in [-0.3, -0.25) is 0 Å². The first-order valence-electron chi connectivity index (χ1n) is 7.55. The summed E-state index contributed by atoms with van der Waals surface area (Å²) in [5.41, 5.74) is 7.04. The van der Waals surface area contributed by atoms with Crippen LogP contribution in [0.25, 0.3) is 28.0 Å². The zero-order valence-electron chi connectivity index (χ0n) is 12.4. The Morgan fingerprint density at radius 1 is 0.810 bits per heavy atom. The summed E-state index contributed by atoms with van der Waals surface area (Å²) < 4.78 is 0.509. The van der Waals surface area contributed by atoms with Crippen LogP contribution in [0.15, 0.2) is 66.2 Å². The molecule has 0 saturated heterocycles. The summed E-state index contributed by atoms with van der Waals surface area (Å²) in [4.78, 5) is 0. The van der Waals surface area contributed by atoms with E-state index >= 15 is 0 Å². The van der Waals surface area contributed by atoms with Gasteiger partial charge in [-0.25, -0.2) is 0 Å². The van der Waals surface area contributed by atoms with E-state index in [1.807, 2.05) is 0 Å². The number of hydrogen-bond donors (Lipinski definition) is 0. The molecule has 0 amide bonds.